The van der Waals surface area contributed by atoms with Gasteiger partial charge in [-0.05, 0) is 31.2 Å². The van der Waals surface area contributed by atoms with Crippen LogP contribution in [0.25, 0.3) is 22.3 Å². The fourth-order valence-corrected chi connectivity index (χ4v) is 2.74. The Morgan fingerprint density at radius 3 is 2.52 bits per heavy atom. The maximum absolute atomic E-state index is 12.4. The number of aryl methyl sites for hydroxylation is 1. The maximum atomic E-state index is 12.4. The second kappa shape index (κ2) is 6.20. The van der Waals surface area contributed by atoms with Crippen molar-refractivity contribution < 1.29 is 4.79 Å². The van der Waals surface area contributed by atoms with Crippen molar-refractivity contribution in [3.63, 3.8) is 0 Å². The van der Waals surface area contributed by atoms with E-state index in [1.807, 2.05) is 61.5 Å². The molecule has 0 aliphatic carbocycles. The van der Waals surface area contributed by atoms with Crippen LogP contribution in [0.4, 0.5) is 5.69 Å². The third kappa shape index (κ3) is 3.12. The molecule has 2 aromatic heterocycles. The maximum Gasteiger partial charge on any atom is 0.258 e. The lowest BCUT2D eigenvalue weighted by atomic mass is 10.2. The first-order valence-electron chi connectivity index (χ1n) is 7.97. The van der Waals surface area contributed by atoms with Gasteiger partial charge in [0.2, 0.25) is 0 Å². The van der Waals surface area contributed by atoms with Gasteiger partial charge >= 0.3 is 0 Å². The summed E-state index contributed by atoms with van der Waals surface area (Å²) in [4.78, 5) is 24.2. The summed E-state index contributed by atoms with van der Waals surface area (Å²) in [6.45, 7) is 2.00. The van der Waals surface area contributed by atoms with Gasteiger partial charge in [0.15, 0.2) is 5.82 Å². The number of benzene rings is 2. The lowest BCUT2D eigenvalue weighted by molar-refractivity contribution is 0.102. The van der Waals surface area contributed by atoms with Crippen LogP contribution in [0.5, 0.6) is 0 Å². The summed E-state index contributed by atoms with van der Waals surface area (Å²) in [5.41, 5.74) is 4.21. The van der Waals surface area contributed by atoms with Crippen molar-refractivity contribution in [2.45, 2.75) is 6.92 Å². The highest BCUT2D eigenvalue weighted by Crippen LogP contribution is 2.20. The SMILES string of the molecule is Cc1cc2cc(NC(=O)c3cnc(-c4ccccc4)nc3)ccc2[nH]1. The molecule has 0 fully saturated rings. The van der Waals surface area contributed by atoms with Crippen molar-refractivity contribution in [3.8, 4) is 11.4 Å². The fraction of sp³-hybridized carbons (Fsp3) is 0.0500. The molecule has 0 atom stereocenters. The third-order valence-electron chi connectivity index (χ3n) is 3.96. The van der Waals surface area contributed by atoms with E-state index in [0.717, 1.165) is 27.8 Å². The zero-order valence-electron chi connectivity index (χ0n) is 13.7. The largest absolute Gasteiger partial charge is 0.359 e. The van der Waals surface area contributed by atoms with Gasteiger partial charge in [-0.2, -0.15) is 0 Å². The topological polar surface area (TPSA) is 70.7 Å². The van der Waals surface area contributed by atoms with Crippen molar-refractivity contribution in [2.24, 2.45) is 0 Å². The van der Waals surface area contributed by atoms with E-state index < -0.39 is 0 Å². The number of H-pyrrole nitrogens is 1. The Hall–Kier alpha value is -3.47. The van der Waals surface area contributed by atoms with E-state index in [1.165, 1.54) is 0 Å². The van der Waals surface area contributed by atoms with Gasteiger partial charge in [-0.1, -0.05) is 30.3 Å². The van der Waals surface area contributed by atoms with Gasteiger partial charge in [0.1, 0.15) is 0 Å². The zero-order chi connectivity index (χ0) is 17.2. The molecule has 0 aliphatic rings. The highest BCUT2D eigenvalue weighted by molar-refractivity contribution is 6.04. The molecule has 0 bridgehead atoms. The minimum Gasteiger partial charge on any atom is -0.359 e. The molecule has 1 amide bonds. The molecular weight excluding hydrogens is 312 g/mol. The van der Waals surface area contributed by atoms with Crippen LogP contribution in [0.2, 0.25) is 0 Å². The number of rotatable bonds is 3. The third-order valence-corrected chi connectivity index (χ3v) is 3.96. The van der Waals surface area contributed by atoms with Crippen LogP contribution in [-0.4, -0.2) is 20.9 Å². The van der Waals surface area contributed by atoms with Gasteiger partial charge in [0.05, 0.1) is 5.56 Å². The van der Waals surface area contributed by atoms with E-state index >= 15 is 0 Å². The number of aromatic amines is 1. The Morgan fingerprint density at radius 2 is 1.76 bits per heavy atom. The average Bonchev–Trinajstić information content (AvgIpc) is 3.02. The Labute approximate surface area is 144 Å². The highest BCUT2D eigenvalue weighted by Gasteiger charge is 2.09. The van der Waals surface area contributed by atoms with E-state index in [0.29, 0.717) is 11.4 Å². The number of hydrogen-bond acceptors (Lipinski definition) is 3. The summed E-state index contributed by atoms with van der Waals surface area (Å²) in [5.74, 6) is 0.368. The van der Waals surface area contributed by atoms with E-state index in [2.05, 4.69) is 20.3 Å². The van der Waals surface area contributed by atoms with E-state index in [4.69, 9.17) is 0 Å². The minimum atomic E-state index is -0.230. The number of hydrogen-bond donors (Lipinski definition) is 2. The van der Waals surface area contributed by atoms with Crippen molar-refractivity contribution in [3.05, 3.63) is 78.2 Å². The van der Waals surface area contributed by atoms with Gasteiger partial charge < -0.3 is 10.3 Å². The molecule has 5 nitrogen and oxygen atoms in total. The van der Waals surface area contributed by atoms with Crippen LogP contribution in [0, 0.1) is 6.92 Å². The summed E-state index contributed by atoms with van der Waals surface area (Å²) in [5, 5.41) is 3.95. The molecule has 4 rings (SSSR count). The lowest BCUT2D eigenvalue weighted by Gasteiger charge is -2.06. The number of carbonyl (C=O) groups excluding carboxylic acids is 1. The molecule has 2 heterocycles. The number of carbonyl (C=O) groups is 1. The molecule has 0 saturated carbocycles. The average molecular weight is 328 g/mol. The molecule has 122 valence electrons. The van der Waals surface area contributed by atoms with Crippen LogP contribution >= 0.6 is 0 Å². The van der Waals surface area contributed by atoms with Crippen molar-refractivity contribution >= 4 is 22.5 Å². The molecule has 5 heteroatoms. The molecule has 2 N–H and O–H groups in total. The van der Waals surface area contributed by atoms with E-state index in [-0.39, 0.29) is 5.91 Å². The van der Waals surface area contributed by atoms with Gasteiger partial charge in [0.25, 0.3) is 5.91 Å². The summed E-state index contributed by atoms with van der Waals surface area (Å²) in [7, 11) is 0. The second-order valence-electron chi connectivity index (χ2n) is 5.87. The number of aromatic nitrogens is 3. The van der Waals surface area contributed by atoms with Crippen LogP contribution in [0.15, 0.2) is 67.0 Å². The van der Waals surface area contributed by atoms with Crippen molar-refractivity contribution in [1.82, 2.24) is 15.0 Å². The van der Waals surface area contributed by atoms with Crippen LogP contribution in [0.1, 0.15) is 16.1 Å². The van der Waals surface area contributed by atoms with Crippen molar-refractivity contribution in [2.75, 3.05) is 5.32 Å². The van der Waals surface area contributed by atoms with Gasteiger partial charge in [-0.3, -0.25) is 4.79 Å². The normalized spacial score (nSPS) is 10.8. The number of amides is 1. The number of nitrogens with zero attached hydrogens (tertiary/aromatic N) is 2. The predicted molar refractivity (Wildman–Crippen MR) is 98.5 cm³/mol. The molecular formula is C20H16N4O. The molecule has 0 saturated heterocycles. The Bertz CT molecular complexity index is 1040. The summed E-state index contributed by atoms with van der Waals surface area (Å²) in [6.07, 6.45) is 3.09. The Balaban J connectivity index is 1.53. The Morgan fingerprint density at radius 1 is 1.00 bits per heavy atom. The van der Waals surface area contributed by atoms with Gasteiger partial charge in [0, 0.05) is 40.2 Å². The highest BCUT2D eigenvalue weighted by atomic mass is 16.1. The monoisotopic (exact) mass is 328 g/mol. The van der Waals surface area contributed by atoms with Gasteiger partial charge in [-0.15, -0.1) is 0 Å². The summed E-state index contributed by atoms with van der Waals surface area (Å²) >= 11 is 0. The molecule has 0 unspecified atom stereocenters. The smallest absolute Gasteiger partial charge is 0.258 e. The predicted octanol–water partition coefficient (Wildman–Crippen LogP) is 4.19. The van der Waals surface area contributed by atoms with Crippen LogP contribution in [-0.2, 0) is 0 Å². The molecule has 0 aliphatic heterocycles. The molecule has 2 aromatic carbocycles. The summed E-state index contributed by atoms with van der Waals surface area (Å²) < 4.78 is 0. The number of fused-ring (bicyclic) bond motifs is 1. The van der Waals surface area contributed by atoms with Crippen molar-refractivity contribution in [1.29, 1.82) is 0 Å². The van der Waals surface area contributed by atoms with Crippen LogP contribution in [0.3, 0.4) is 0 Å². The van der Waals surface area contributed by atoms with E-state index in [9.17, 15) is 4.79 Å². The molecule has 4 aromatic rings. The summed E-state index contributed by atoms with van der Waals surface area (Å²) in [6, 6.07) is 17.5. The molecule has 0 spiro atoms. The fourth-order valence-electron chi connectivity index (χ4n) is 2.74. The quantitative estimate of drug-likeness (QED) is 0.592. The first-order valence-corrected chi connectivity index (χ1v) is 7.97. The zero-order valence-corrected chi connectivity index (χ0v) is 13.7. The second-order valence-corrected chi connectivity index (χ2v) is 5.87. The lowest BCUT2D eigenvalue weighted by Crippen LogP contribution is -2.12. The minimum absolute atomic E-state index is 0.230. The first-order chi connectivity index (χ1) is 12.2. The van der Waals surface area contributed by atoms with E-state index in [1.54, 1.807) is 12.4 Å². The standard InChI is InChI=1S/C20H16N4O/c1-13-9-15-10-17(7-8-18(15)23-13)24-20(25)16-11-21-19(22-12-16)14-5-3-2-4-6-14/h2-12,23H,1H3,(H,24,25). The molecule has 0 radical (unpaired) electrons. The Kier molecular flexibility index (Phi) is 3.74. The first kappa shape index (κ1) is 15.1. The number of anilines is 1. The number of nitrogens with one attached hydrogen (secondary N) is 2. The molecule has 25 heavy (non-hydrogen) atoms. The van der Waals surface area contributed by atoms with Gasteiger partial charge in [-0.25, -0.2) is 9.97 Å². The van der Waals surface area contributed by atoms with Crippen LogP contribution < -0.4 is 5.32 Å².